The first kappa shape index (κ1) is 19.7. The van der Waals surface area contributed by atoms with Crippen molar-refractivity contribution < 1.29 is 37.8 Å². The Kier molecular flexibility index (Phi) is 5.89. The van der Waals surface area contributed by atoms with Crippen molar-refractivity contribution in [1.82, 2.24) is 4.90 Å². The second-order valence-electron chi connectivity index (χ2n) is 6.10. The summed E-state index contributed by atoms with van der Waals surface area (Å²) < 4.78 is 31.7. The number of piperidine rings is 1. The number of carboxylic acids is 2. The molecule has 6 nitrogen and oxygen atoms in total. The molecule has 2 atom stereocenters. The summed E-state index contributed by atoms with van der Waals surface area (Å²) in [6, 6.07) is 7.33. The van der Waals surface area contributed by atoms with E-state index >= 15 is 0 Å². The highest BCUT2D eigenvalue weighted by Gasteiger charge is 2.40. The smallest absolute Gasteiger partial charge is 0.480 e. The molecule has 2 aliphatic rings. The number of aliphatic carboxylic acids is 2. The molecule has 0 bridgehead atoms. The van der Waals surface area contributed by atoms with Crippen LogP contribution >= 0.6 is 0 Å². The van der Waals surface area contributed by atoms with Gasteiger partial charge in [-0.15, -0.1) is 0 Å². The Balaban J connectivity index is 0.000000298. The quantitative estimate of drug-likeness (QED) is 0.789. The molecule has 2 N–H and O–H groups in total. The molecule has 1 aromatic rings. The highest BCUT2D eigenvalue weighted by Crippen LogP contribution is 2.38. The summed E-state index contributed by atoms with van der Waals surface area (Å²) in [5.74, 6) is -3.65. The van der Waals surface area contributed by atoms with Crippen molar-refractivity contribution in [2.24, 2.45) is 0 Å². The Bertz CT molecular complexity index is 704. The molecule has 3 rings (SSSR count). The fourth-order valence-corrected chi connectivity index (χ4v) is 3.35. The van der Waals surface area contributed by atoms with E-state index in [-0.39, 0.29) is 11.9 Å². The molecule has 9 heteroatoms. The van der Waals surface area contributed by atoms with Gasteiger partial charge in [0.25, 0.3) is 0 Å². The molecule has 0 aliphatic carbocycles. The number of halogens is 3. The van der Waals surface area contributed by atoms with Gasteiger partial charge in [0.05, 0.1) is 6.04 Å². The zero-order chi connectivity index (χ0) is 19.5. The van der Waals surface area contributed by atoms with Gasteiger partial charge < -0.3 is 15.1 Å². The molecule has 2 unspecified atom stereocenters. The lowest BCUT2D eigenvalue weighted by atomic mass is 9.89. The van der Waals surface area contributed by atoms with Crippen molar-refractivity contribution >= 4 is 17.8 Å². The van der Waals surface area contributed by atoms with Crippen LogP contribution in [0.4, 0.5) is 13.2 Å². The Hall–Kier alpha value is -2.58. The first-order valence-electron chi connectivity index (χ1n) is 8.04. The van der Waals surface area contributed by atoms with Crippen LogP contribution in [-0.4, -0.2) is 45.2 Å². The number of alkyl halides is 3. The number of aryl methyl sites for hydroxylation is 1. The minimum atomic E-state index is -5.08. The zero-order valence-corrected chi connectivity index (χ0v) is 13.7. The molecule has 1 aromatic carbocycles. The molecule has 142 valence electrons. The van der Waals surface area contributed by atoms with Crippen molar-refractivity contribution in [2.75, 3.05) is 0 Å². The highest BCUT2D eigenvalue weighted by atomic mass is 19.4. The van der Waals surface area contributed by atoms with Crippen molar-refractivity contribution in [3.8, 4) is 0 Å². The lowest BCUT2D eigenvalue weighted by Crippen LogP contribution is -2.49. The molecule has 1 fully saturated rings. The number of carbonyl (C=O) groups is 3. The third-order valence-corrected chi connectivity index (χ3v) is 4.46. The second kappa shape index (κ2) is 7.76. The second-order valence-corrected chi connectivity index (χ2v) is 6.10. The monoisotopic (exact) mass is 373 g/mol. The molecular formula is C17H18F3NO5. The maximum atomic E-state index is 12.3. The van der Waals surface area contributed by atoms with Gasteiger partial charge in [0.15, 0.2) is 0 Å². The predicted molar refractivity (Wildman–Crippen MR) is 83.3 cm³/mol. The number of benzene rings is 1. The molecule has 0 radical (unpaired) electrons. The Morgan fingerprint density at radius 1 is 1.08 bits per heavy atom. The maximum Gasteiger partial charge on any atom is 0.490 e. The number of amides is 1. The summed E-state index contributed by atoms with van der Waals surface area (Å²) in [7, 11) is 0. The lowest BCUT2D eigenvalue weighted by Gasteiger charge is -2.39. The fourth-order valence-electron chi connectivity index (χ4n) is 3.35. The molecule has 1 saturated heterocycles. The van der Waals surface area contributed by atoms with Crippen molar-refractivity contribution in [3.05, 3.63) is 35.4 Å². The standard InChI is InChI=1S/C15H17NO3.C2HF3O2/c17-14-9-8-10-4-1-2-5-11(10)12-6-3-7-13(15(18)19)16(12)14;3-2(4,5)1(6)7/h1-2,4-5,12-13H,3,6-9H2,(H,18,19);(H,6,7). The molecule has 0 spiro atoms. The molecule has 1 amide bonds. The third-order valence-electron chi connectivity index (χ3n) is 4.46. The predicted octanol–water partition coefficient (Wildman–Crippen LogP) is 2.77. The fraction of sp³-hybridized carbons (Fsp3) is 0.471. The number of rotatable bonds is 1. The molecule has 2 aliphatic heterocycles. The van der Waals surface area contributed by atoms with Gasteiger partial charge in [-0.05, 0) is 36.8 Å². The van der Waals surface area contributed by atoms with Crippen LogP contribution in [0.2, 0.25) is 0 Å². The van der Waals surface area contributed by atoms with E-state index in [4.69, 9.17) is 9.90 Å². The van der Waals surface area contributed by atoms with Crippen LogP contribution in [0, 0.1) is 0 Å². The molecular weight excluding hydrogens is 355 g/mol. The van der Waals surface area contributed by atoms with Crippen molar-refractivity contribution in [3.63, 3.8) is 0 Å². The van der Waals surface area contributed by atoms with Crippen LogP contribution < -0.4 is 0 Å². The summed E-state index contributed by atoms with van der Waals surface area (Å²) in [5, 5.41) is 16.5. The van der Waals surface area contributed by atoms with Gasteiger partial charge in [0.2, 0.25) is 5.91 Å². The Morgan fingerprint density at radius 2 is 1.69 bits per heavy atom. The van der Waals surface area contributed by atoms with Crippen LogP contribution in [-0.2, 0) is 20.8 Å². The van der Waals surface area contributed by atoms with E-state index in [1.807, 2.05) is 18.2 Å². The van der Waals surface area contributed by atoms with E-state index < -0.39 is 24.2 Å². The van der Waals surface area contributed by atoms with Crippen LogP contribution in [0.15, 0.2) is 24.3 Å². The first-order valence-corrected chi connectivity index (χ1v) is 8.04. The average Bonchev–Trinajstić information content (AvgIpc) is 2.72. The third kappa shape index (κ3) is 4.33. The number of carbonyl (C=O) groups excluding carboxylic acids is 1. The zero-order valence-electron chi connectivity index (χ0n) is 13.7. The normalized spacial score (nSPS) is 22.3. The van der Waals surface area contributed by atoms with Gasteiger partial charge in [-0.25, -0.2) is 9.59 Å². The average molecular weight is 373 g/mol. The van der Waals surface area contributed by atoms with Gasteiger partial charge in [-0.2, -0.15) is 13.2 Å². The van der Waals surface area contributed by atoms with E-state index in [1.54, 1.807) is 4.90 Å². The van der Waals surface area contributed by atoms with Crippen LogP contribution in [0.25, 0.3) is 0 Å². The Labute approximate surface area is 147 Å². The van der Waals surface area contributed by atoms with E-state index in [1.165, 1.54) is 5.56 Å². The summed E-state index contributed by atoms with van der Waals surface area (Å²) in [6.07, 6.45) is -1.66. The number of carboxylic acid groups (broad SMARTS) is 2. The minimum absolute atomic E-state index is 0.0201. The molecule has 0 saturated carbocycles. The highest BCUT2D eigenvalue weighted by molar-refractivity contribution is 5.85. The number of hydrogen-bond donors (Lipinski definition) is 2. The first-order chi connectivity index (χ1) is 12.1. The topological polar surface area (TPSA) is 94.9 Å². The lowest BCUT2D eigenvalue weighted by molar-refractivity contribution is -0.192. The van der Waals surface area contributed by atoms with Crippen LogP contribution in [0.3, 0.4) is 0 Å². The summed E-state index contributed by atoms with van der Waals surface area (Å²) in [4.78, 5) is 34.2. The van der Waals surface area contributed by atoms with E-state index in [0.717, 1.165) is 18.4 Å². The van der Waals surface area contributed by atoms with Gasteiger partial charge in [-0.3, -0.25) is 4.79 Å². The molecule has 0 aromatic heterocycles. The number of nitrogens with zero attached hydrogens (tertiary/aromatic N) is 1. The number of fused-ring (bicyclic) bond motifs is 3. The largest absolute Gasteiger partial charge is 0.490 e. The van der Waals surface area contributed by atoms with Gasteiger partial charge >= 0.3 is 18.1 Å². The minimum Gasteiger partial charge on any atom is -0.480 e. The summed E-state index contributed by atoms with van der Waals surface area (Å²) >= 11 is 0. The Morgan fingerprint density at radius 3 is 2.27 bits per heavy atom. The molecule has 2 heterocycles. The van der Waals surface area contributed by atoms with E-state index in [0.29, 0.717) is 19.3 Å². The van der Waals surface area contributed by atoms with Gasteiger partial charge in [0.1, 0.15) is 6.04 Å². The van der Waals surface area contributed by atoms with E-state index in [2.05, 4.69) is 6.07 Å². The van der Waals surface area contributed by atoms with Crippen molar-refractivity contribution in [1.29, 1.82) is 0 Å². The maximum absolute atomic E-state index is 12.3. The molecule has 26 heavy (non-hydrogen) atoms. The number of hydrogen-bond acceptors (Lipinski definition) is 3. The SMILES string of the molecule is O=C(O)C(F)(F)F.O=C(O)C1CCCC2c3ccccc3CCC(=O)N12. The van der Waals surface area contributed by atoms with E-state index in [9.17, 15) is 27.9 Å². The van der Waals surface area contributed by atoms with Crippen molar-refractivity contribution in [2.45, 2.75) is 50.4 Å². The summed E-state index contributed by atoms with van der Waals surface area (Å²) in [5.41, 5.74) is 2.33. The summed E-state index contributed by atoms with van der Waals surface area (Å²) in [6.45, 7) is 0. The van der Waals surface area contributed by atoms with Crippen LogP contribution in [0.1, 0.15) is 42.9 Å². The van der Waals surface area contributed by atoms with Crippen LogP contribution in [0.5, 0.6) is 0 Å². The van der Waals surface area contributed by atoms with Gasteiger partial charge in [0, 0.05) is 6.42 Å². The van der Waals surface area contributed by atoms with Gasteiger partial charge in [-0.1, -0.05) is 24.3 Å².